The number of likely N-dealkylation sites (tertiary alicyclic amines) is 1. The van der Waals surface area contributed by atoms with Gasteiger partial charge in [-0.15, -0.1) is 11.8 Å². The summed E-state index contributed by atoms with van der Waals surface area (Å²) in [4.78, 5) is 50.7. The van der Waals surface area contributed by atoms with Gasteiger partial charge >= 0.3 is 17.9 Å². The first-order valence-corrected chi connectivity index (χ1v) is 13.1. The molecule has 0 aromatic carbocycles. The molecule has 0 spiro atoms. The van der Waals surface area contributed by atoms with Gasteiger partial charge in [-0.1, -0.05) is 32.6 Å². The molecule has 1 fully saturated rings. The van der Waals surface area contributed by atoms with Crippen LogP contribution in [0.25, 0.3) is 0 Å². The highest BCUT2D eigenvalue weighted by molar-refractivity contribution is 8.00. The number of hydrogen-bond acceptors (Lipinski definition) is 8. The Bertz CT molecular complexity index is 646. The number of ether oxygens (including phenoxy) is 2. The SMILES string of the molecule is CCCCCC[C@@H](SC[C@H](N[C@@H](C)C(=O)N1CCC[C@@H]1C(=O)O)C(=O)OCC)C(=O)OCC. The molecule has 10 heteroatoms. The molecule has 0 saturated carbocycles. The smallest absolute Gasteiger partial charge is 0.326 e. The molecule has 0 aromatic rings. The molecule has 1 saturated heterocycles. The molecule has 9 nitrogen and oxygen atoms in total. The molecule has 0 aliphatic carbocycles. The average molecular weight is 489 g/mol. The molecule has 1 rings (SSSR count). The van der Waals surface area contributed by atoms with Gasteiger partial charge < -0.3 is 19.5 Å². The van der Waals surface area contributed by atoms with Gasteiger partial charge in [0.2, 0.25) is 5.91 Å². The van der Waals surface area contributed by atoms with E-state index in [1.165, 1.54) is 16.7 Å². The molecule has 0 radical (unpaired) electrons. The molecule has 1 aliphatic rings. The Labute approximate surface area is 201 Å². The largest absolute Gasteiger partial charge is 0.480 e. The Morgan fingerprint density at radius 1 is 1.06 bits per heavy atom. The molecule has 190 valence electrons. The van der Waals surface area contributed by atoms with Crippen LogP contribution < -0.4 is 5.32 Å². The van der Waals surface area contributed by atoms with Crippen LogP contribution in [0.5, 0.6) is 0 Å². The number of amides is 1. The third-order valence-corrected chi connectivity index (χ3v) is 6.90. The van der Waals surface area contributed by atoms with E-state index in [0.717, 1.165) is 25.7 Å². The summed E-state index contributed by atoms with van der Waals surface area (Å²) in [5.74, 6) is -1.95. The van der Waals surface area contributed by atoms with E-state index >= 15 is 0 Å². The zero-order valence-corrected chi connectivity index (χ0v) is 21.2. The van der Waals surface area contributed by atoms with Crippen LogP contribution in [0.1, 0.15) is 72.6 Å². The van der Waals surface area contributed by atoms with Crippen molar-refractivity contribution in [2.75, 3.05) is 25.5 Å². The monoisotopic (exact) mass is 488 g/mol. The third-order valence-electron chi connectivity index (χ3n) is 5.55. The van der Waals surface area contributed by atoms with Crippen LogP contribution in [0.2, 0.25) is 0 Å². The second kappa shape index (κ2) is 15.9. The van der Waals surface area contributed by atoms with E-state index in [9.17, 15) is 24.3 Å². The maximum Gasteiger partial charge on any atom is 0.326 e. The highest BCUT2D eigenvalue weighted by atomic mass is 32.2. The van der Waals surface area contributed by atoms with Crippen LogP contribution in [-0.2, 0) is 28.7 Å². The van der Waals surface area contributed by atoms with Gasteiger partial charge in [0, 0.05) is 12.3 Å². The second-order valence-electron chi connectivity index (χ2n) is 8.14. The van der Waals surface area contributed by atoms with Gasteiger partial charge in [0.15, 0.2) is 0 Å². The number of rotatable bonds is 16. The van der Waals surface area contributed by atoms with E-state index in [2.05, 4.69) is 12.2 Å². The van der Waals surface area contributed by atoms with Gasteiger partial charge in [-0.05, 0) is 40.0 Å². The zero-order valence-electron chi connectivity index (χ0n) is 20.3. The van der Waals surface area contributed by atoms with Crippen LogP contribution in [0.4, 0.5) is 0 Å². The molecule has 33 heavy (non-hydrogen) atoms. The normalized spacial score (nSPS) is 18.4. The van der Waals surface area contributed by atoms with Crippen molar-refractivity contribution < 1.29 is 33.8 Å². The van der Waals surface area contributed by atoms with E-state index in [1.807, 2.05) is 0 Å². The van der Waals surface area contributed by atoms with Crippen molar-refractivity contribution in [3.63, 3.8) is 0 Å². The van der Waals surface area contributed by atoms with Crippen LogP contribution in [0.15, 0.2) is 0 Å². The summed E-state index contributed by atoms with van der Waals surface area (Å²) in [5.41, 5.74) is 0. The molecule has 1 heterocycles. The van der Waals surface area contributed by atoms with Crippen LogP contribution >= 0.6 is 11.8 Å². The summed E-state index contributed by atoms with van der Waals surface area (Å²) in [6, 6.07) is -2.42. The fourth-order valence-corrected chi connectivity index (χ4v) is 5.00. The number of carboxylic acid groups (broad SMARTS) is 1. The standard InChI is InChI=1S/C23H40N2O7S/c1-5-8-9-10-13-19(23(30)32-7-3)33-15-17(22(29)31-6-2)24-16(4)20(26)25-14-11-12-18(25)21(27)28/h16-19,24H,5-15H2,1-4H3,(H,27,28)/t16-,17-,18+,19+/m0/s1. The van der Waals surface area contributed by atoms with Gasteiger partial charge in [0.05, 0.1) is 19.3 Å². The maximum atomic E-state index is 12.9. The van der Waals surface area contributed by atoms with Crippen LogP contribution in [0.3, 0.4) is 0 Å². The lowest BCUT2D eigenvalue weighted by atomic mass is 10.1. The number of hydrogen-bond donors (Lipinski definition) is 2. The number of unbranched alkanes of at least 4 members (excludes halogenated alkanes) is 3. The fraction of sp³-hybridized carbons (Fsp3) is 0.826. The molecule has 0 unspecified atom stereocenters. The van der Waals surface area contributed by atoms with Crippen LogP contribution in [0, 0.1) is 0 Å². The predicted molar refractivity (Wildman–Crippen MR) is 127 cm³/mol. The number of aliphatic carboxylic acids is 1. The molecule has 2 N–H and O–H groups in total. The van der Waals surface area contributed by atoms with Crippen molar-refractivity contribution in [3.8, 4) is 0 Å². The van der Waals surface area contributed by atoms with Crippen molar-refractivity contribution in [1.29, 1.82) is 0 Å². The molecule has 1 amide bonds. The highest BCUT2D eigenvalue weighted by Crippen LogP contribution is 2.22. The van der Waals surface area contributed by atoms with Crippen molar-refractivity contribution >= 4 is 35.6 Å². The number of nitrogens with one attached hydrogen (secondary N) is 1. The fourth-order valence-electron chi connectivity index (χ4n) is 3.81. The predicted octanol–water partition coefficient (Wildman–Crippen LogP) is 2.61. The van der Waals surface area contributed by atoms with E-state index in [4.69, 9.17) is 9.47 Å². The molecule has 1 aliphatic heterocycles. The Balaban J connectivity index is 2.81. The molecular weight excluding hydrogens is 448 g/mol. The summed E-state index contributed by atoms with van der Waals surface area (Å²) >= 11 is 1.32. The van der Waals surface area contributed by atoms with E-state index < -0.39 is 35.3 Å². The lowest BCUT2D eigenvalue weighted by molar-refractivity contribution is -0.150. The van der Waals surface area contributed by atoms with E-state index in [-0.39, 0.29) is 30.8 Å². The average Bonchev–Trinajstić information content (AvgIpc) is 3.27. The van der Waals surface area contributed by atoms with Gasteiger partial charge in [-0.2, -0.15) is 0 Å². The Morgan fingerprint density at radius 2 is 1.73 bits per heavy atom. The van der Waals surface area contributed by atoms with Gasteiger partial charge in [0.1, 0.15) is 17.3 Å². The summed E-state index contributed by atoms with van der Waals surface area (Å²) < 4.78 is 10.4. The summed E-state index contributed by atoms with van der Waals surface area (Å²) in [5, 5.41) is 12.0. The lowest BCUT2D eigenvalue weighted by Crippen LogP contribution is -2.54. The number of carbonyl (C=O) groups is 4. The Hall–Kier alpha value is -1.81. The minimum Gasteiger partial charge on any atom is -0.480 e. The number of carboxylic acids is 1. The summed E-state index contributed by atoms with van der Waals surface area (Å²) in [6.45, 7) is 8.05. The number of esters is 2. The highest BCUT2D eigenvalue weighted by Gasteiger charge is 2.37. The number of thioether (sulfide) groups is 1. The van der Waals surface area contributed by atoms with Crippen molar-refractivity contribution in [1.82, 2.24) is 10.2 Å². The first-order chi connectivity index (χ1) is 15.8. The Morgan fingerprint density at radius 3 is 2.33 bits per heavy atom. The van der Waals surface area contributed by atoms with Crippen molar-refractivity contribution in [3.05, 3.63) is 0 Å². The van der Waals surface area contributed by atoms with Crippen molar-refractivity contribution in [2.24, 2.45) is 0 Å². The van der Waals surface area contributed by atoms with E-state index in [0.29, 0.717) is 25.8 Å². The lowest BCUT2D eigenvalue weighted by Gasteiger charge is -2.28. The second-order valence-corrected chi connectivity index (χ2v) is 9.38. The van der Waals surface area contributed by atoms with Gasteiger partial charge in [0.25, 0.3) is 0 Å². The minimum absolute atomic E-state index is 0.190. The van der Waals surface area contributed by atoms with E-state index in [1.54, 1.807) is 20.8 Å². The molecule has 0 aromatic heterocycles. The van der Waals surface area contributed by atoms with Gasteiger partial charge in [-0.25, -0.2) is 4.79 Å². The Kier molecular flexibility index (Phi) is 14.1. The van der Waals surface area contributed by atoms with Crippen molar-refractivity contribution in [2.45, 2.75) is 96.0 Å². The maximum absolute atomic E-state index is 12.9. The van der Waals surface area contributed by atoms with Gasteiger partial charge in [-0.3, -0.25) is 19.7 Å². The quantitative estimate of drug-likeness (QED) is 0.249. The van der Waals surface area contributed by atoms with Crippen LogP contribution in [-0.4, -0.2) is 82.7 Å². The number of carbonyl (C=O) groups excluding carboxylic acids is 3. The third kappa shape index (κ3) is 9.92. The molecular formula is C23H40N2O7S. The zero-order chi connectivity index (χ0) is 24.8. The first kappa shape index (κ1) is 29.2. The molecule has 0 bridgehead atoms. The molecule has 4 atom stereocenters. The topological polar surface area (TPSA) is 122 Å². The first-order valence-electron chi connectivity index (χ1n) is 12.0. The summed E-state index contributed by atoms with van der Waals surface area (Å²) in [7, 11) is 0. The number of nitrogens with zero attached hydrogens (tertiary/aromatic N) is 1. The minimum atomic E-state index is -1.02. The summed E-state index contributed by atoms with van der Waals surface area (Å²) in [6.07, 6.45) is 5.82.